The number of aliphatic hydroxyl groups is 1. The Kier molecular flexibility index (Phi) is 7.10. The van der Waals surface area contributed by atoms with E-state index in [0.717, 1.165) is 11.4 Å². The van der Waals surface area contributed by atoms with Crippen LogP contribution in [0.5, 0.6) is 0 Å². The summed E-state index contributed by atoms with van der Waals surface area (Å²) in [5.41, 5.74) is -0.0174. The van der Waals surface area contributed by atoms with Gasteiger partial charge in [-0.15, -0.1) is 22.7 Å². The van der Waals surface area contributed by atoms with Crippen molar-refractivity contribution in [3.05, 3.63) is 43.7 Å². The predicted octanol–water partition coefficient (Wildman–Crippen LogP) is 4.03. The van der Waals surface area contributed by atoms with Crippen molar-refractivity contribution in [2.24, 2.45) is 4.99 Å². The second-order valence-corrected chi connectivity index (χ2v) is 8.79. The second-order valence-electron chi connectivity index (χ2n) is 6.09. The van der Waals surface area contributed by atoms with Crippen molar-refractivity contribution in [1.82, 2.24) is 10.6 Å². The summed E-state index contributed by atoms with van der Waals surface area (Å²) >= 11 is 9.06. The molecule has 1 atom stereocenters. The Bertz CT molecular complexity index is 653. The lowest BCUT2D eigenvalue weighted by atomic mass is 9.92. The molecule has 0 fully saturated rings. The van der Waals surface area contributed by atoms with Gasteiger partial charge in [-0.25, -0.2) is 0 Å². The van der Waals surface area contributed by atoms with Gasteiger partial charge in [0.1, 0.15) is 6.10 Å². The van der Waals surface area contributed by atoms with Gasteiger partial charge in [-0.2, -0.15) is 0 Å². The number of thiophene rings is 2. The molecule has 7 heteroatoms. The van der Waals surface area contributed by atoms with Gasteiger partial charge in [0.2, 0.25) is 0 Å². The van der Waals surface area contributed by atoms with Crippen LogP contribution in [-0.4, -0.2) is 30.7 Å². The van der Waals surface area contributed by atoms with Crippen LogP contribution in [-0.2, 0) is 5.41 Å². The molecule has 24 heavy (non-hydrogen) atoms. The van der Waals surface area contributed by atoms with Gasteiger partial charge in [0.15, 0.2) is 5.96 Å². The number of aliphatic hydroxyl groups excluding tert-OH is 1. The predicted molar refractivity (Wildman–Crippen MR) is 106 cm³/mol. The van der Waals surface area contributed by atoms with Crippen LogP contribution in [0, 0.1) is 0 Å². The van der Waals surface area contributed by atoms with Crippen LogP contribution in [0.3, 0.4) is 0 Å². The molecule has 0 saturated carbocycles. The normalized spacial score (nSPS) is 13.8. The summed E-state index contributed by atoms with van der Waals surface area (Å²) in [5, 5.41) is 18.8. The third-order valence-corrected chi connectivity index (χ3v) is 6.12. The SMILES string of the molecule is CCNC(=NCC(C)(C)c1cccs1)NCC(O)c1ccc(Cl)s1. The summed E-state index contributed by atoms with van der Waals surface area (Å²) < 4.78 is 0.683. The van der Waals surface area contributed by atoms with E-state index in [-0.39, 0.29) is 5.41 Å². The molecule has 2 heterocycles. The Hall–Kier alpha value is -1.08. The molecule has 0 aliphatic heterocycles. The summed E-state index contributed by atoms with van der Waals surface area (Å²) in [6.45, 7) is 8.23. The van der Waals surface area contributed by atoms with Gasteiger partial charge in [0.05, 0.1) is 10.9 Å². The Morgan fingerprint density at radius 3 is 2.71 bits per heavy atom. The van der Waals surface area contributed by atoms with Crippen LogP contribution in [0.2, 0.25) is 4.34 Å². The van der Waals surface area contributed by atoms with E-state index in [2.05, 4.69) is 47.0 Å². The summed E-state index contributed by atoms with van der Waals surface area (Å²) in [6, 6.07) is 7.86. The van der Waals surface area contributed by atoms with Crippen molar-refractivity contribution in [2.45, 2.75) is 32.3 Å². The number of hydrogen-bond acceptors (Lipinski definition) is 4. The fraction of sp³-hybridized carbons (Fsp3) is 0.471. The van der Waals surface area contributed by atoms with E-state index in [1.54, 1.807) is 17.4 Å². The van der Waals surface area contributed by atoms with E-state index in [0.29, 0.717) is 23.4 Å². The lowest BCUT2D eigenvalue weighted by Crippen LogP contribution is -2.40. The minimum absolute atomic E-state index is 0.0174. The number of nitrogens with zero attached hydrogens (tertiary/aromatic N) is 1. The van der Waals surface area contributed by atoms with Gasteiger partial charge in [0, 0.05) is 28.3 Å². The van der Waals surface area contributed by atoms with Crippen molar-refractivity contribution in [3.8, 4) is 0 Å². The van der Waals surface area contributed by atoms with Crippen molar-refractivity contribution in [2.75, 3.05) is 19.6 Å². The highest BCUT2D eigenvalue weighted by molar-refractivity contribution is 7.16. The van der Waals surface area contributed by atoms with Gasteiger partial charge in [-0.05, 0) is 30.5 Å². The van der Waals surface area contributed by atoms with Crippen molar-refractivity contribution < 1.29 is 5.11 Å². The zero-order chi connectivity index (χ0) is 17.6. The molecule has 3 N–H and O–H groups in total. The number of nitrogens with one attached hydrogen (secondary N) is 2. The third-order valence-electron chi connectivity index (χ3n) is 3.55. The van der Waals surface area contributed by atoms with Crippen LogP contribution in [0.15, 0.2) is 34.6 Å². The number of halogens is 1. The highest BCUT2D eigenvalue weighted by atomic mass is 35.5. The van der Waals surface area contributed by atoms with Crippen LogP contribution in [0.4, 0.5) is 0 Å². The minimum atomic E-state index is -0.600. The van der Waals surface area contributed by atoms with Crippen molar-refractivity contribution in [3.63, 3.8) is 0 Å². The summed E-state index contributed by atoms with van der Waals surface area (Å²) in [5.74, 6) is 0.712. The smallest absolute Gasteiger partial charge is 0.191 e. The average Bonchev–Trinajstić information content (AvgIpc) is 3.21. The summed E-state index contributed by atoms with van der Waals surface area (Å²) in [6.07, 6.45) is -0.600. The zero-order valence-corrected chi connectivity index (χ0v) is 16.6. The van der Waals surface area contributed by atoms with E-state index in [4.69, 9.17) is 11.6 Å². The maximum Gasteiger partial charge on any atom is 0.191 e. The first kappa shape index (κ1) is 19.2. The molecule has 0 aliphatic rings. The monoisotopic (exact) mass is 385 g/mol. The lowest BCUT2D eigenvalue weighted by Gasteiger charge is -2.22. The molecule has 0 bridgehead atoms. The van der Waals surface area contributed by atoms with Crippen molar-refractivity contribution in [1.29, 1.82) is 0 Å². The second kappa shape index (κ2) is 8.85. The Morgan fingerprint density at radius 2 is 2.12 bits per heavy atom. The molecule has 2 aromatic rings. The Morgan fingerprint density at radius 1 is 1.33 bits per heavy atom. The molecule has 132 valence electrons. The maximum atomic E-state index is 10.2. The molecule has 1 unspecified atom stereocenters. The van der Waals surface area contributed by atoms with Crippen LogP contribution in [0.1, 0.15) is 36.6 Å². The molecular weight excluding hydrogens is 362 g/mol. The molecule has 0 aromatic carbocycles. The van der Waals surface area contributed by atoms with Gasteiger partial charge in [0.25, 0.3) is 0 Å². The minimum Gasteiger partial charge on any atom is -0.386 e. The number of hydrogen-bond donors (Lipinski definition) is 3. The Balaban J connectivity index is 1.95. The Labute approximate surface area is 156 Å². The number of aliphatic imine (C=N–C) groups is 1. The van der Waals surface area contributed by atoms with Crippen LogP contribution in [0.25, 0.3) is 0 Å². The quantitative estimate of drug-likeness (QED) is 0.498. The van der Waals surface area contributed by atoms with Gasteiger partial charge < -0.3 is 15.7 Å². The van der Waals surface area contributed by atoms with Gasteiger partial charge in [-0.1, -0.05) is 31.5 Å². The highest BCUT2D eigenvalue weighted by Gasteiger charge is 2.21. The lowest BCUT2D eigenvalue weighted by molar-refractivity contribution is 0.184. The van der Waals surface area contributed by atoms with E-state index >= 15 is 0 Å². The van der Waals surface area contributed by atoms with E-state index in [9.17, 15) is 5.11 Å². The summed E-state index contributed by atoms with van der Waals surface area (Å²) in [4.78, 5) is 6.84. The first-order valence-corrected chi connectivity index (χ1v) is 9.99. The fourth-order valence-corrected chi connectivity index (χ4v) is 4.05. The van der Waals surface area contributed by atoms with Crippen LogP contribution < -0.4 is 10.6 Å². The first-order valence-electron chi connectivity index (χ1n) is 7.92. The first-order chi connectivity index (χ1) is 11.4. The van der Waals surface area contributed by atoms with Gasteiger partial charge in [-0.3, -0.25) is 4.99 Å². The van der Waals surface area contributed by atoms with E-state index in [1.807, 2.05) is 13.0 Å². The fourth-order valence-electron chi connectivity index (χ4n) is 2.16. The molecule has 0 radical (unpaired) electrons. The molecule has 0 saturated heterocycles. The number of guanidine groups is 1. The maximum absolute atomic E-state index is 10.2. The zero-order valence-electron chi connectivity index (χ0n) is 14.2. The highest BCUT2D eigenvalue weighted by Crippen LogP contribution is 2.28. The topological polar surface area (TPSA) is 56.7 Å². The van der Waals surface area contributed by atoms with Crippen LogP contribution >= 0.6 is 34.3 Å². The molecule has 0 amide bonds. The molecule has 0 spiro atoms. The van der Waals surface area contributed by atoms with Gasteiger partial charge >= 0.3 is 0 Å². The van der Waals surface area contributed by atoms with Crippen molar-refractivity contribution >= 4 is 40.2 Å². The third kappa shape index (κ3) is 5.48. The largest absolute Gasteiger partial charge is 0.386 e. The summed E-state index contributed by atoms with van der Waals surface area (Å²) in [7, 11) is 0. The molecule has 2 rings (SSSR count). The molecule has 0 aliphatic carbocycles. The molecule has 4 nitrogen and oxygen atoms in total. The van der Waals surface area contributed by atoms with E-state index in [1.165, 1.54) is 16.2 Å². The average molecular weight is 386 g/mol. The van der Waals surface area contributed by atoms with E-state index < -0.39 is 6.10 Å². The molecular formula is C17H24ClN3OS2. The number of rotatable bonds is 7. The standard InChI is InChI=1S/C17H24ClN3OS2/c1-4-19-16(20-10-12(22)13-7-8-15(18)24-13)21-11-17(2,3)14-6-5-9-23-14/h5-9,12,22H,4,10-11H2,1-3H3,(H2,19,20,21). The molecule has 2 aromatic heterocycles.